The summed E-state index contributed by atoms with van der Waals surface area (Å²) in [4.78, 5) is 4.64. The van der Waals surface area contributed by atoms with Crippen molar-refractivity contribution < 1.29 is 0 Å². The van der Waals surface area contributed by atoms with E-state index in [0.717, 1.165) is 18.5 Å². The van der Waals surface area contributed by atoms with Crippen LogP contribution in [0.5, 0.6) is 0 Å². The molecule has 0 bridgehead atoms. The van der Waals surface area contributed by atoms with Crippen LogP contribution in [-0.4, -0.2) is 4.98 Å². The lowest BCUT2D eigenvalue weighted by Crippen LogP contribution is -1.96. The molecule has 0 spiro atoms. The van der Waals surface area contributed by atoms with Crippen molar-refractivity contribution in [1.29, 1.82) is 0 Å². The van der Waals surface area contributed by atoms with Crippen molar-refractivity contribution in [2.75, 3.05) is 0 Å². The molecule has 0 unspecified atom stereocenters. The highest BCUT2D eigenvalue weighted by Crippen LogP contribution is 2.16. The molecule has 0 atom stereocenters. The van der Waals surface area contributed by atoms with E-state index < -0.39 is 0 Å². The second-order valence-electron chi connectivity index (χ2n) is 5.05. The predicted molar refractivity (Wildman–Crippen MR) is 77.0 cm³/mol. The smallest absolute Gasteiger partial charge is 0.0450 e. The van der Waals surface area contributed by atoms with Crippen molar-refractivity contribution >= 4 is 0 Å². The zero-order chi connectivity index (χ0) is 13.0. The normalized spacial score (nSPS) is 10.9. The number of hydrogen-bond donors (Lipinski definition) is 0. The van der Waals surface area contributed by atoms with Crippen LogP contribution in [0.2, 0.25) is 0 Å². The van der Waals surface area contributed by atoms with Gasteiger partial charge in [0.1, 0.15) is 0 Å². The molecule has 1 aromatic carbocycles. The molecule has 2 aromatic rings. The van der Waals surface area contributed by atoms with Gasteiger partial charge in [-0.05, 0) is 35.6 Å². The Morgan fingerprint density at radius 1 is 0.944 bits per heavy atom. The molecule has 0 N–H and O–H groups in total. The highest BCUT2D eigenvalue weighted by atomic mass is 14.7. The van der Waals surface area contributed by atoms with Gasteiger partial charge in [-0.1, -0.05) is 51.1 Å². The van der Waals surface area contributed by atoms with Gasteiger partial charge in [-0.15, -0.1) is 0 Å². The topological polar surface area (TPSA) is 12.9 Å². The SMILES string of the molecule is CCc1cccc(Cc2ccc(C(C)C)cc2)n1. The highest BCUT2D eigenvalue weighted by Gasteiger charge is 2.01. The summed E-state index contributed by atoms with van der Waals surface area (Å²) in [6.07, 6.45) is 1.92. The van der Waals surface area contributed by atoms with Crippen LogP contribution >= 0.6 is 0 Å². The molecule has 1 nitrogen and oxygen atoms in total. The summed E-state index contributed by atoms with van der Waals surface area (Å²) in [6.45, 7) is 6.59. The van der Waals surface area contributed by atoms with Crippen molar-refractivity contribution in [2.45, 2.75) is 39.5 Å². The Hall–Kier alpha value is -1.63. The predicted octanol–water partition coefficient (Wildman–Crippen LogP) is 4.36. The summed E-state index contributed by atoms with van der Waals surface area (Å²) < 4.78 is 0. The van der Waals surface area contributed by atoms with Gasteiger partial charge >= 0.3 is 0 Å². The van der Waals surface area contributed by atoms with E-state index in [1.165, 1.54) is 16.8 Å². The van der Waals surface area contributed by atoms with Crippen LogP contribution in [0.4, 0.5) is 0 Å². The molecular formula is C17H21N. The molecule has 0 radical (unpaired) electrons. The van der Waals surface area contributed by atoms with Gasteiger partial charge in [0.2, 0.25) is 0 Å². The van der Waals surface area contributed by atoms with Crippen LogP contribution in [0, 0.1) is 0 Å². The van der Waals surface area contributed by atoms with E-state index >= 15 is 0 Å². The Kier molecular flexibility index (Phi) is 4.14. The Balaban J connectivity index is 2.13. The van der Waals surface area contributed by atoms with E-state index in [2.05, 4.69) is 68.2 Å². The first kappa shape index (κ1) is 12.8. The first-order valence-electron chi connectivity index (χ1n) is 6.72. The Morgan fingerprint density at radius 2 is 1.61 bits per heavy atom. The largest absolute Gasteiger partial charge is 0.258 e. The molecule has 1 heteroatoms. The minimum atomic E-state index is 0.598. The molecule has 1 heterocycles. The van der Waals surface area contributed by atoms with Gasteiger partial charge in [0.05, 0.1) is 0 Å². The maximum atomic E-state index is 4.64. The molecule has 0 aliphatic rings. The van der Waals surface area contributed by atoms with E-state index in [0.29, 0.717) is 5.92 Å². The van der Waals surface area contributed by atoms with Crippen LogP contribution in [-0.2, 0) is 12.8 Å². The molecule has 0 amide bonds. The first-order valence-corrected chi connectivity index (χ1v) is 6.72. The summed E-state index contributed by atoms with van der Waals surface area (Å²) in [6, 6.07) is 15.2. The molecule has 18 heavy (non-hydrogen) atoms. The summed E-state index contributed by atoms with van der Waals surface area (Å²) in [5, 5.41) is 0. The van der Waals surface area contributed by atoms with E-state index in [-0.39, 0.29) is 0 Å². The van der Waals surface area contributed by atoms with Crippen molar-refractivity contribution in [3.8, 4) is 0 Å². The second-order valence-corrected chi connectivity index (χ2v) is 5.05. The Labute approximate surface area is 110 Å². The number of pyridine rings is 1. The molecule has 0 saturated carbocycles. The number of aromatic nitrogens is 1. The Bertz CT molecular complexity index is 497. The zero-order valence-electron chi connectivity index (χ0n) is 11.5. The standard InChI is InChI=1S/C17H21N/c1-4-16-6-5-7-17(18-16)12-14-8-10-15(11-9-14)13(2)3/h5-11,13H,4,12H2,1-3H3. The highest BCUT2D eigenvalue weighted by molar-refractivity contribution is 5.28. The lowest BCUT2D eigenvalue weighted by molar-refractivity contribution is 0.865. The number of rotatable bonds is 4. The number of hydrogen-bond acceptors (Lipinski definition) is 1. The average Bonchev–Trinajstić information content (AvgIpc) is 2.39. The minimum Gasteiger partial charge on any atom is -0.258 e. The zero-order valence-corrected chi connectivity index (χ0v) is 11.5. The van der Waals surface area contributed by atoms with Crippen molar-refractivity contribution in [1.82, 2.24) is 4.98 Å². The fourth-order valence-electron chi connectivity index (χ4n) is 2.05. The quantitative estimate of drug-likeness (QED) is 0.772. The van der Waals surface area contributed by atoms with Crippen LogP contribution < -0.4 is 0 Å². The number of nitrogens with zero attached hydrogens (tertiary/aromatic N) is 1. The molecule has 0 saturated heterocycles. The number of benzene rings is 1. The molecule has 0 aliphatic carbocycles. The maximum Gasteiger partial charge on any atom is 0.0450 e. The summed E-state index contributed by atoms with van der Waals surface area (Å²) in [5.41, 5.74) is 5.06. The van der Waals surface area contributed by atoms with Crippen LogP contribution in [0.3, 0.4) is 0 Å². The molecular weight excluding hydrogens is 218 g/mol. The fourth-order valence-corrected chi connectivity index (χ4v) is 2.05. The summed E-state index contributed by atoms with van der Waals surface area (Å²) >= 11 is 0. The van der Waals surface area contributed by atoms with E-state index in [4.69, 9.17) is 0 Å². The van der Waals surface area contributed by atoms with Crippen LogP contribution in [0.25, 0.3) is 0 Å². The summed E-state index contributed by atoms with van der Waals surface area (Å²) in [5.74, 6) is 0.598. The maximum absolute atomic E-state index is 4.64. The van der Waals surface area contributed by atoms with Gasteiger partial charge in [0.25, 0.3) is 0 Å². The third-order valence-corrected chi connectivity index (χ3v) is 3.26. The van der Waals surface area contributed by atoms with Crippen molar-refractivity contribution in [3.05, 3.63) is 65.0 Å². The van der Waals surface area contributed by atoms with Crippen molar-refractivity contribution in [2.24, 2.45) is 0 Å². The molecule has 94 valence electrons. The first-order chi connectivity index (χ1) is 8.69. The van der Waals surface area contributed by atoms with E-state index in [9.17, 15) is 0 Å². The van der Waals surface area contributed by atoms with Gasteiger partial charge < -0.3 is 0 Å². The van der Waals surface area contributed by atoms with Gasteiger partial charge in [-0.3, -0.25) is 4.98 Å². The van der Waals surface area contributed by atoms with Crippen LogP contribution in [0.15, 0.2) is 42.5 Å². The lowest BCUT2D eigenvalue weighted by Gasteiger charge is -2.07. The van der Waals surface area contributed by atoms with Gasteiger partial charge in [-0.25, -0.2) is 0 Å². The molecule has 2 rings (SSSR count). The fraction of sp³-hybridized carbons (Fsp3) is 0.353. The summed E-state index contributed by atoms with van der Waals surface area (Å²) in [7, 11) is 0. The third kappa shape index (κ3) is 3.19. The minimum absolute atomic E-state index is 0.598. The average molecular weight is 239 g/mol. The second kappa shape index (κ2) is 5.81. The monoisotopic (exact) mass is 239 g/mol. The van der Waals surface area contributed by atoms with E-state index in [1.54, 1.807) is 0 Å². The molecule has 0 aliphatic heterocycles. The third-order valence-electron chi connectivity index (χ3n) is 3.26. The lowest BCUT2D eigenvalue weighted by atomic mass is 10.00. The molecule has 0 fully saturated rings. The van der Waals surface area contributed by atoms with Crippen molar-refractivity contribution in [3.63, 3.8) is 0 Å². The van der Waals surface area contributed by atoms with Crippen LogP contribution in [0.1, 0.15) is 49.2 Å². The molecule has 1 aromatic heterocycles. The Morgan fingerprint density at radius 3 is 2.22 bits per heavy atom. The van der Waals surface area contributed by atoms with Gasteiger partial charge in [-0.2, -0.15) is 0 Å². The van der Waals surface area contributed by atoms with Gasteiger partial charge in [0, 0.05) is 17.8 Å². The number of aryl methyl sites for hydroxylation is 1. The van der Waals surface area contributed by atoms with Gasteiger partial charge in [0.15, 0.2) is 0 Å². The van der Waals surface area contributed by atoms with E-state index in [1.807, 2.05) is 0 Å².